The van der Waals surface area contributed by atoms with Gasteiger partial charge in [0.15, 0.2) is 0 Å². The molecule has 0 aromatic heterocycles. The van der Waals surface area contributed by atoms with Crippen LogP contribution in [-0.4, -0.2) is 12.6 Å². The summed E-state index contributed by atoms with van der Waals surface area (Å²) < 4.78 is 27.0. The summed E-state index contributed by atoms with van der Waals surface area (Å²) in [7, 11) is 0. The van der Waals surface area contributed by atoms with E-state index in [-0.39, 0.29) is 17.7 Å². The first-order chi connectivity index (χ1) is 9.69. The molecule has 3 heteroatoms. The highest BCUT2D eigenvalue weighted by atomic mass is 19.1. The maximum absolute atomic E-state index is 13.7. The van der Waals surface area contributed by atoms with Crippen molar-refractivity contribution in [1.82, 2.24) is 5.32 Å². The number of likely N-dealkylation sites (N-methyl/N-ethyl adjacent to an activating group) is 1. The maximum Gasteiger partial charge on any atom is 0.126 e. The maximum atomic E-state index is 13.7. The Morgan fingerprint density at radius 2 is 2.05 bits per heavy atom. The lowest BCUT2D eigenvalue weighted by Crippen LogP contribution is -2.32. The number of halogens is 2. The summed E-state index contributed by atoms with van der Waals surface area (Å²) in [6.45, 7) is 2.89. The van der Waals surface area contributed by atoms with Gasteiger partial charge in [-0.3, -0.25) is 0 Å². The van der Waals surface area contributed by atoms with E-state index < -0.39 is 0 Å². The summed E-state index contributed by atoms with van der Waals surface area (Å²) in [5, 5.41) is 3.40. The van der Waals surface area contributed by atoms with Crippen LogP contribution in [0.15, 0.2) is 29.8 Å². The molecule has 20 heavy (non-hydrogen) atoms. The molecule has 0 radical (unpaired) electrons. The van der Waals surface area contributed by atoms with E-state index in [1.54, 1.807) is 0 Å². The molecule has 0 saturated heterocycles. The summed E-state index contributed by atoms with van der Waals surface area (Å²) in [6, 6.07) is 3.88. The largest absolute Gasteiger partial charge is 0.314 e. The lowest BCUT2D eigenvalue weighted by Gasteiger charge is -2.22. The van der Waals surface area contributed by atoms with Crippen molar-refractivity contribution in [3.05, 3.63) is 47.0 Å². The molecule has 1 unspecified atom stereocenters. The Kier molecular flexibility index (Phi) is 5.72. The van der Waals surface area contributed by atoms with Crippen molar-refractivity contribution in [2.24, 2.45) is 0 Å². The van der Waals surface area contributed by atoms with Gasteiger partial charge >= 0.3 is 0 Å². The van der Waals surface area contributed by atoms with Crippen LogP contribution < -0.4 is 5.32 Å². The second kappa shape index (κ2) is 7.53. The number of benzene rings is 1. The lowest BCUT2D eigenvalue weighted by atomic mass is 9.91. The first kappa shape index (κ1) is 15.2. The number of hydrogen-bond donors (Lipinski definition) is 1. The molecule has 1 aliphatic carbocycles. The standard InChI is InChI=1S/C17H23F2N/c1-2-20-16(10-13-6-4-3-5-7-13)12-14-11-15(18)8-9-17(14)19/h6,8-9,11,16,20H,2-5,7,10,12H2,1H3. The average molecular weight is 279 g/mol. The van der Waals surface area contributed by atoms with Gasteiger partial charge in [-0.05, 0) is 68.8 Å². The van der Waals surface area contributed by atoms with Crippen LogP contribution in [0.4, 0.5) is 8.78 Å². The smallest absolute Gasteiger partial charge is 0.126 e. The molecule has 0 saturated carbocycles. The number of allylic oxidation sites excluding steroid dienone is 1. The van der Waals surface area contributed by atoms with E-state index in [2.05, 4.69) is 11.4 Å². The van der Waals surface area contributed by atoms with Crippen LogP contribution in [0.25, 0.3) is 0 Å². The van der Waals surface area contributed by atoms with Gasteiger partial charge in [0.25, 0.3) is 0 Å². The molecule has 1 atom stereocenters. The minimum atomic E-state index is -0.367. The zero-order chi connectivity index (χ0) is 14.4. The molecule has 2 rings (SSSR count). The zero-order valence-corrected chi connectivity index (χ0v) is 12.1. The molecule has 0 bridgehead atoms. The Bertz CT molecular complexity index is 468. The second-order valence-corrected chi connectivity index (χ2v) is 5.51. The molecule has 1 aliphatic rings. The van der Waals surface area contributed by atoms with E-state index in [0.29, 0.717) is 12.0 Å². The molecular weight excluding hydrogens is 256 g/mol. The Balaban J connectivity index is 2.04. The van der Waals surface area contributed by atoms with Crippen LogP contribution in [0.5, 0.6) is 0 Å². The predicted octanol–water partition coefficient (Wildman–Crippen LogP) is 4.38. The SMILES string of the molecule is CCNC(CC1=CCCCC1)Cc1cc(F)ccc1F. The first-order valence-electron chi connectivity index (χ1n) is 7.54. The molecule has 110 valence electrons. The van der Waals surface area contributed by atoms with E-state index in [0.717, 1.165) is 25.8 Å². The monoisotopic (exact) mass is 279 g/mol. The molecule has 0 aliphatic heterocycles. The fourth-order valence-electron chi connectivity index (χ4n) is 2.88. The summed E-state index contributed by atoms with van der Waals surface area (Å²) in [5.74, 6) is -0.680. The van der Waals surface area contributed by atoms with Crippen molar-refractivity contribution < 1.29 is 8.78 Å². The minimum absolute atomic E-state index is 0.181. The van der Waals surface area contributed by atoms with Gasteiger partial charge < -0.3 is 5.32 Å². The van der Waals surface area contributed by atoms with Gasteiger partial charge in [-0.25, -0.2) is 8.78 Å². The Hall–Kier alpha value is -1.22. The van der Waals surface area contributed by atoms with E-state index in [1.165, 1.54) is 36.6 Å². The van der Waals surface area contributed by atoms with Crippen molar-refractivity contribution in [2.75, 3.05) is 6.54 Å². The first-order valence-corrected chi connectivity index (χ1v) is 7.54. The third-order valence-corrected chi connectivity index (χ3v) is 3.86. The van der Waals surface area contributed by atoms with Gasteiger partial charge in [0.05, 0.1) is 0 Å². The summed E-state index contributed by atoms with van der Waals surface area (Å²) >= 11 is 0. The Labute approximate surface area is 120 Å². The number of nitrogens with one attached hydrogen (secondary N) is 1. The fraction of sp³-hybridized carbons (Fsp3) is 0.529. The summed E-state index contributed by atoms with van der Waals surface area (Å²) in [6.07, 6.45) is 8.61. The van der Waals surface area contributed by atoms with Crippen molar-refractivity contribution >= 4 is 0 Å². The highest BCUT2D eigenvalue weighted by Crippen LogP contribution is 2.23. The van der Waals surface area contributed by atoms with Gasteiger partial charge in [-0.2, -0.15) is 0 Å². The molecule has 1 aromatic rings. The minimum Gasteiger partial charge on any atom is -0.314 e. The van der Waals surface area contributed by atoms with Crippen molar-refractivity contribution in [3.8, 4) is 0 Å². The van der Waals surface area contributed by atoms with E-state index in [1.807, 2.05) is 6.92 Å². The van der Waals surface area contributed by atoms with Gasteiger partial charge in [0.1, 0.15) is 11.6 Å². The van der Waals surface area contributed by atoms with Crippen LogP contribution in [0.3, 0.4) is 0 Å². The summed E-state index contributed by atoms with van der Waals surface area (Å²) in [5.41, 5.74) is 1.92. The highest BCUT2D eigenvalue weighted by molar-refractivity contribution is 5.20. The molecule has 1 aromatic carbocycles. The lowest BCUT2D eigenvalue weighted by molar-refractivity contribution is 0.489. The molecule has 1 nitrogen and oxygen atoms in total. The molecule has 0 amide bonds. The molecular formula is C17H23F2N. The van der Waals surface area contributed by atoms with Gasteiger partial charge in [0, 0.05) is 6.04 Å². The third kappa shape index (κ3) is 4.41. The fourth-order valence-corrected chi connectivity index (χ4v) is 2.88. The predicted molar refractivity (Wildman–Crippen MR) is 78.7 cm³/mol. The highest BCUT2D eigenvalue weighted by Gasteiger charge is 2.15. The van der Waals surface area contributed by atoms with Gasteiger partial charge in [0.2, 0.25) is 0 Å². The summed E-state index contributed by atoms with van der Waals surface area (Å²) in [4.78, 5) is 0. The Morgan fingerprint density at radius 1 is 1.20 bits per heavy atom. The number of hydrogen-bond acceptors (Lipinski definition) is 1. The van der Waals surface area contributed by atoms with Crippen molar-refractivity contribution in [3.63, 3.8) is 0 Å². The Morgan fingerprint density at radius 3 is 2.75 bits per heavy atom. The molecule has 0 spiro atoms. The van der Waals surface area contributed by atoms with Crippen LogP contribution in [-0.2, 0) is 6.42 Å². The van der Waals surface area contributed by atoms with Crippen molar-refractivity contribution in [1.29, 1.82) is 0 Å². The normalized spacial score (nSPS) is 16.9. The molecule has 1 N–H and O–H groups in total. The van der Waals surface area contributed by atoms with Crippen LogP contribution in [0.2, 0.25) is 0 Å². The van der Waals surface area contributed by atoms with Crippen LogP contribution in [0, 0.1) is 11.6 Å². The van der Waals surface area contributed by atoms with E-state index in [9.17, 15) is 8.78 Å². The topological polar surface area (TPSA) is 12.0 Å². The molecule has 0 heterocycles. The zero-order valence-electron chi connectivity index (χ0n) is 12.1. The molecule has 0 fully saturated rings. The van der Waals surface area contributed by atoms with Crippen LogP contribution in [0.1, 0.15) is 44.6 Å². The van der Waals surface area contributed by atoms with Crippen molar-refractivity contribution in [2.45, 2.75) is 51.5 Å². The van der Waals surface area contributed by atoms with Gasteiger partial charge in [-0.1, -0.05) is 18.6 Å². The second-order valence-electron chi connectivity index (χ2n) is 5.51. The number of rotatable bonds is 6. The third-order valence-electron chi connectivity index (χ3n) is 3.86. The van der Waals surface area contributed by atoms with Crippen LogP contribution >= 0.6 is 0 Å². The van der Waals surface area contributed by atoms with Gasteiger partial charge in [-0.15, -0.1) is 0 Å². The van der Waals surface area contributed by atoms with E-state index >= 15 is 0 Å². The average Bonchev–Trinajstić information content (AvgIpc) is 2.44. The van der Waals surface area contributed by atoms with E-state index in [4.69, 9.17) is 0 Å². The quantitative estimate of drug-likeness (QED) is 0.762.